The number of carbonyl (C=O) groups excluding carboxylic acids is 2. The second-order valence-electron chi connectivity index (χ2n) is 7.68. The van der Waals surface area contributed by atoms with Crippen molar-refractivity contribution in [2.75, 3.05) is 24.7 Å². The monoisotopic (exact) mass is 472 g/mol. The summed E-state index contributed by atoms with van der Waals surface area (Å²) in [5.41, 5.74) is 4.33. The third kappa shape index (κ3) is 6.41. The van der Waals surface area contributed by atoms with E-state index in [2.05, 4.69) is 10.6 Å². The number of hydrogen-bond donors (Lipinski definition) is 3. The molecule has 2 unspecified atom stereocenters. The van der Waals surface area contributed by atoms with Crippen LogP contribution in [0.2, 0.25) is 0 Å². The number of carbonyl (C=O) groups is 3. The average Bonchev–Trinajstić information content (AvgIpc) is 3.13. The molecule has 1 aliphatic carbocycles. The highest BCUT2D eigenvalue weighted by molar-refractivity contribution is 7.84. The van der Waals surface area contributed by atoms with Gasteiger partial charge >= 0.3 is 12.1 Å². The number of rotatable bonds is 11. The van der Waals surface area contributed by atoms with Crippen LogP contribution in [0.3, 0.4) is 0 Å². The first-order valence-electron chi connectivity index (χ1n) is 10.9. The van der Waals surface area contributed by atoms with Crippen molar-refractivity contribution in [3.63, 3.8) is 0 Å². The Balaban J connectivity index is 1.61. The van der Waals surface area contributed by atoms with E-state index in [9.17, 15) is 18.6 Å². The summed E-state index contributed by atoms with van der Waals surface area (Å²) in [5, 5.41) is 14.1. The van der Waals surface area contributed by atoms with E-state index in [-0.39, 0.29) is 31.9 Å². The molecule has 9 heteroatoms. The van der Waals surface area contributed by atoms with Crippen LogP contribution in [0.5, 0.6) is 0 Å². The topological polar surface area (TPSA) is 122 Å². The van der Waals surface area contributed by atoms with Crippen LogP contribution in [-0.4, -0.2) is 58.0 Å². The van der Waals surface area contributed by atoms with Crippen LogP contribution >= 0.6 is 0 Å². The third-order valence-electron chi connectivity index (χ3n) is 5.55. The van der Waals surface area contributed by atoms with Crippen molar-refractivity contribution in [1.29, 1.82) is 0 Å². The Morgan fingerprint density at radius 3 is 2.24 bits per heavy atom. The summed E-state index contributed by atoms with van der Waals surface area (Å²) in [6, 6.07) is 14.8. The first-order valence-corrected chi connectivity index (χ1v) is 12.4. The van der Waals surface area contributed by atoms with Gasteiger partial charge in [-0.3, -0.25) is 13.8 Å². The molecule has 2 atom stereocenters. The number of carboxylic acids is 1. The molecule has 2 aromatic rings. The highest BCUT2D eigenvalue weighted by Crippen LogP contribution is 2.44. The highest BCUT2D eigenvalue weighted by Gasteiger charge is 2.30. The molecule has 2 amide bonds. The summed E-state index contributed by atoms with van der Waals surface area (Å²) in [4.78, 5) is 35.9. The van der Waals surface area contributed by atoms with Crippen molar-refractivity contribution in [1.82, 2.24) is 10.6 Å². The van der Waals surface area contributed by atoms with Gasteiger partial charge in [-0.05, 0) is 28.7 Å². The van der Waals surface area contributed by atoms with E-state index in [1.165, 1.54) is 0 Å². The van der Waals surface area contributed by atoms with Crippen LogP contribution in [0, 0.1) is 0 Å². The van der Waals surface area contributed by atoms with Crippen molar-refractivity contribution >= 4 is 28.8 Å². The molecule has 33 heavy (non-hydrogen) atoms. The first kappa shape index (κ1) is 24.4. The zero-order valence-electron chi connectivity index (χ0n) is 18.4. The predicted octanol–water partition coefficient (Wildman–Crippen LogP) is 2.64. The normalized spacial score (nSPS) is 14.0. The minimum Gasteiger partial charge on any atom is -0.481 e. The highest BCUT2D eigenvalue weighted by atomic mass is 32.2. The van der Waals surface area contributed by atoms with E-state index >= 15 is 0 Å². The van der Waals surface area contributed by atoms with Crippen LogP contribution in [0.25, 0.3) is 11.1 Å². The van der Waals surface area contributed by atoms with Crippen LogP contribution in [0.15, 0.2) is 48.5 Å². The van der Waals surface area contributed by atoms with E-state index in [0.717, 1.165) is 22.3 Å². The summed E-state index contributed by atoms with van der Waals surface area (Å²) in [6.45, 7) is 2.05. The predicted molar refractivity (Wildman–Crippen MR) is 125 cm³/mol. The molecule has 0 heterocycles. The number of alkyl carbamates (subject to hydrolysis) is 1. The molecule has 176 valence electrons. The molecular weight excluding hydrogens is 444 g/mol. The fraction of sp³-hybridized carbons (Fsp3) is 0.375. The summed E-state index contributed by atoms with van der Waals surface area (Å²) < 4.78 is 17.0. The van der Waals surface area contributed by atoms with Gasteiger partial charge in [0.15, 0.2) is 0 Å². The third-order valence-corrected chi connectivity index (χ3v) is 6.85. The lowest BCUT2D eigenvalue weighted by atomic mass is 9.98. The smallest absolute Gasteiger partial charge is 0.407 e. The van der Waals surface area contributed by atoms with Gasteiger partial charge < -0.3 is 20.5 Å². The summed E-state index contributed by atoms with van der Waals surface area (Å²) in [7, 11) is -1.04. The fourth-order valence-electron chi connectivity index (χ4n) is 3.87. The molecule has 0 radical (unpaired) electrons. The number of fused-ring (bicyclic) bond motifs is 3. The Bertz CT molecular complexity index is 996. The number of ether oxygens (including phenoxy) is 1. The maximum atomic E-state index is 12.5. The van der Waals surface area contributed by atoms with Crippen molar-refractivity contribution in [2.45, 2.75) is 31.7 Å². The standard InChI is InChI=1S/C24H28N2O6S/c1-2-33(31)14-13-25-23(29)21(11-12-22(27)28)26-24(30)32-15-20-18-9-5-3-7-16(18)17-8-4-6-10-19(17)20/h3-10,20-21H,2,11-15H2,1H3,(H,25,29)(H,26,30)(H,27,28). The lowest BCUT2D eigenvalue weighted by molar-refractivity contribution is -0.137. The van der Waals surface area contributed by atoms with Gasteiger partial charge in [0.05, 0.1) is 0 Å². The van der Waals surface area contributed by atoms with E-state index in [1.807, 2.05) is 48.5 Å². The van der Waals surface area contributed by atoms with Crippen molar-refractivity contribution in [2.24, 2.45) is 0 Å². The summed E-state index contributed by atoms with van der Waals surface area (Å²) in [5.74, 6) is -0.958. The van der Waals surface area contributed by atoms with E-state index < -0.39 is 34.8 Å². The molecule has 1 aliphatic rings. The molecule has 0 saturated heterocycles. The molecular formula is C24H28N2O6S. The lowest BCUT2D eigenvalue weighted by Gasteiger charge is -2.19. The zero-order valence-corrected chi connectivity index (χ0v) is 19.2. The molecule has 2 aromatic carbocycles. The minimum absolute atomic E-state index is 0.0811. The molecule has 0 aromatic heterocycles. The average molecular weight is 473 g/mol. The molecule has 3 rings (SSSR count). The van der Waals surface area contributed by atoms with Gasteiger partial charge in [-0.15, -0.1) is 0 Å². The Morgan fingerprint density at radius 1 is 1.06 bits per heavy atom. The van der Waals surface area contributed by atoms with Crippen LogP contribution in [0.4, 0.5) is 4.79 Å². The maximum absolute atomic E-state index is 12.5. The van der Waals surface area contributed by atoms with Crippen molar-refractivity contribution < 1.29 is 28.4 Å². The van der Waals surface area contributed by atoms with Crippen LogP contribution in [0.1, 0.15) is 36.8 Å². The van der Waals surface area contributed by atoms with E-state index in [0.29, 0.717) is 11.5 Å². The first-order chi connectivity index (χ1) is 15.9. The van der Waals surface area contributed by atoms with Gasteiger partial charge in [0.1, 0.15) is 12.6 Å². The second kappa shape index (κ2) is 11.6. The number of hydrogen-bond acceptors (Lipinski definition) is 5. The second-order valence-corrected chi connectivity index (χ2v) is 9.54. The molecule has 0 fully saturated rings. The Labute approximate surface area is 195 Å². The fourth-order valence-corrected chi connectivity index (χ4v) is 4.49. The van der Waals surface area contributed by atoms with Gasteiger partial charge in [-0.1, -0.05) is 55.5 Å². The van der Waals surface area contributed by atoms with Crippen LogP contribution < -0.4 is 10.6 Å². The molecule has 3 N–H and O–H groups in total. The molecule has 0 bridgehead atoms. The number of benzene rings is 2. The summed E-state index contributed by atoms with van der Waals surface area (Å²) in [6.07, 6.45) is -1.16. The lowest BCUT2D eigenvalue weighted by Crippen LogP contribution is -2.48. The minimum atomic E-state index is -1.07. The van der Waals surface area contributed by atoms with Crippen molar-refractivity contribution in [3.8, 4) is 11.1 Å². The Kier molecular flexibility index (Phi) is 8.59. The number of aliphatic carboxylic acids is 1. The van der Waals surface area contributed by atoms with Gasteiger partial charge in [0.25, 0.3) is 0 Å². The molecule has 0 saturated carbocycles. The Morgan fingerprint density at radius 2 is 1.67 bits per heavy atom. The number of amides is 2. The summed E-state index contributed by atoms with van der Waals surface area (Å²) >= 11 is 0. The maximum Gasteiger partial charge on any atom is 0.407 e. The van der Waals surface area contributed by atoms with Gasteiger partial charge in [-0.25, -0.2) is 4.79 Å². The van der Waals surface area contributed by atoms with Crippen molar-refractivity contribution in [3.05, 3.63) is 59.7 Å². The van der Waals surface area contributed by atoms with E-state index in [1.54, 1.807) is 6.92 Å². The Hall–Kier alpha value is -3.20. The molecule has 0 spiro atoms. The van der Waals surface area contributed by atoms with Crippen LogP contribution in [-0.2, 0) is 25.1 Å². The van der Waals surface area contributed by atoms with Gasteiger partial charge in [0.2, 0.25) is 5.91 Å². The number of carboxylic acid groups (broad SMARTS) is 1. The largest absolute Gasteiger partial charge is 0.481 e. The molecule has 8 nitrogen and oxygen atoms in total. The SMILES string of the molecule is CCS(=O)CCNC(=O)C(CCC(=O)O)NC(=O)OCC1c2ccccc2-c2ccccc21. The van der Waals surface area contributed by atoms with E-state index in [4.69, 9.17) is 9.84 Å². The van der Waals surface area contributed by atoms with Gasteiger partial charge in [0, 0.05) is 41.2 Å². The molecule has 0 aliphatic heterocycles. The quantitative estimate of drug-likeness (QED) is 0.462. The zero-order chi connectivity index (χ0) is 23.8. The van der Waals surface area contributed by atoms with Gasteiger partial charge in [-0.2, -0.15) is 0 Å². The number of nitrogens with one attached hydrogen (secondary N) is 2.